The van der Waals surface area contributed by atoms with E-state index in [9.17, 15) is 8.42 Å². The Bertz CT molecular complexity index is 599. The van der Waals surface area contributed by atoms with E-state index < -0.39 is 10.0 Å². The molecule has 102 valence electrons. The zero-order valence-corrected chi connectivity index (χ0v) is 11.7. The summed E-state index contributed by atoms with van der Waals surface area (Å²) in [4.78, 5) is 0. The zero-order chi connectivity index (χ0) is 13.7. The van der Waals surface area contributed by atoms with E-state index in [1.54, 1.807) is 0 Å². The van der Waals surface area contributed by atoms with Gasteiger partial charge in [0, 0.05) is 11.9 Å². The third-order valence-corrected chi connectivity index (χ3v) is 4.42. The maximum atomic E-state index is 12.0. The highest BCUT2D eigenvalue weighted by molar-refractivity contribution is 7.89. The third kappa shape index (κ3) is 3.79. The maximum Gasteiger partial charge on any atom is 0.257 e. The van der Waals surface area contributed by atoms with Gasteiger partial charge in [0.25, 0.3) is 10.0 Å². The molecule has 0 aliphatic heterocycles. The molecule has 0 radical (unpaired) electrons. The third-order valence-electron chi connectivity index (χ3n) is 2.60. The van der Waals surface area contributed by atoms with Crippen molar-refractivity contribution in [1.29, 1.82) is 0 Å². The van der Waals surface area contributed by atoms with E-state index in [0.717, 1.165) is 5.56 Å². The second kappa shape index (κ2) is 6.18. The topological polar surface area (TPSA) is 74.8 Å². The van der Waals surface area contributed by atoms with Gasteiger partial charge < -0.3 is 0 Å². The summed E-state index contributed by atoms with van der Waals surface area (Å²) < 4.78 is 26.6. The van der Waals surface area contributed by atoms with E-state index in [-0.39, 0.29) is 16.9 Å². The van der Waals surface area contributed by atoms with Crippen molar-refractivity contribution < 1.29 is 8.42 Å². The molecule has 19 heavy (non-hydrogen) atoms. The van der Waals surface area contributed by atoms with Gasteiger partial charge in [0.15, 0.2) is 5.03 Å². The van der Waals surface area contributed by atoms with Crippen LogP contribution in [-0.2, 0) is 16.4 Å². The Morgan fingerprint density at radius 2 is 2.00 bits per heavy atom. The van der Waals surface area contributed by atoms with Gasteiger partial charge in [0.05, 0.1) is 6.20 Å². The molecule has 5 nitrogen and oxygen atoms in total. The van der Waals surface area contributed by atoms with Crippen molar-refractivity contribution in [2.75, 3.05) is 5.88 Å². The Labute approximate surface area is 117 Å². The Kier molecular flexibility index (Phi) is 4.57. The monoisotopic (exact) mass is 299 g/mol. The van der Waals surface area contributed by atoms with Crippen LogP contribution >= 0.6 is 11.6 Å². The van der Waals surface area contributed by atoms with Crippen LogP contribution in [-0.4, -0.2) is 30.5 Å². The smallest absolute Gasteiger partial charge is 0.257 e. The van der Waals surface area contributed by atoms with Crippen LogP contribution in [0.15, 0.2) is 47.6 Å². The molecule has 1 unspecified atom stereocenters. The largest absolute Gasteiger partial charge is 0.266 e. The maximum absolute atomic E-state index is 12.0. The van der Waals surface area contributed by atoms with Crippen molar-refractivity contribution in [1.82, 2.24) is 14.9 Å². The molecule has 1 heterocycles. The van der Waals surface area contributed by atoms with Crippen LogP contribution in [0.4, 0.5) is 0 Å². The van der Waals surface area contributed by atoms with Crippen LogP contribution in [0.2, 0.25) is 0 Å². The molecule has 1 atom stereocenters. The number of hydrogen-bond acceptors (Lipinski definition) is 3. The van der Waals surface area contributed by atoms with E-state index in [1.165, 1.54) is 12.3 Å². The van der Waals surface area contributed by atoms with Gasteiger partial charge in [0.2, 0.25) is 0 Å². The number of alkyl halides is 1. The molecule has 0 spiro atoms. The molecule has 7 heteroatoms. The number of aromatic amines is 1. The molecule has 0 fully saturated rings. The number of aromatic nitrogens is 2. The molecule has 0 aliphatic carbocycles. The van der Waals surface area contributed by atoms with Gasteiger partial charge in [-0.15, -0.1) is 11.6 Å². The highest BCUT2D eigenvalue weighted by atomic mass is 35.5. The highest BCUT2D eigenvalue weighted by Crippen LogP contribution is 2.09. The number of nitrogens with one attached hydrogen (secondary N) is 2. The molecule has 1 aromatic heterocycles. The predicted octanol–water partition coefficient (Wildman–Crippen LogP) is 1.54. The predicted molar refractivity (Wildman–Crippen MR) is 73.6 cm³/mol. The quantitative estimate of drug-likeness (QED) is 0.795. The van der Waals surface area contributed by atoms with E-state index in [4.69, 9.17) is 11.6 Å². The van der Waals surface area contributed by atoms with E-state index >= 15 is 0 Å². The summed E-state index contributed by atoms with van der Waals surface area (Å²) in [6, 6.07) is 10.6. The molecular formula is C12H14ClN3O2S. The van der Waals surface area contributed by atoms with Gasteiger partial charge in [-0.05, 0) is 18.1 Å². The summed E-state index contributed by atoms with van der Waals surface area (Å²) in [7, 11) is -3.60. The van der Waals surface area contributed by atoms with Crippen LogP contribution in [0, 0.1) is 0 Å². The molecule has 0 saturated heterocycles. The van der Waals surface area contributed by atoms with Crippen LogP contribution in [0.25, 0.3) is 0 Å². The molecule has 2 N–H and O–H groups in total. The molecule has 0 bridgehead atoms. The van der Waals surface area contributed by atoms with Crippen molar-refractivity contribution >= 4 is 21.6 Å². The molecule has 0 amide bonds. The Balaban J connectivity index is 2.08. The normalized spacial score (nSPS) is 13.3. The van der Waals surface area contributed by atoms with Gasteiger partial charge >= 0.3 is 0 Å². The lowest BCUT2D eigenvalue weighted by atomic mass is 10.1. The van der Waals surface area contributed by atoms with E-state index in [0.29, 0.717) is 6.42 Å². The first-order valence-corrected chi connectivity index (χ1v) is 7.75. The molecule has 2 rings (SSSR count). The minimum atomic E-state index is -3.60. The van der Waals surface area contributed by atoms with Crippen LogP contribution < -0.4 is 4.72 Å². The highest BCUT2D eigenvalue weighted by Gasteiger charge is 2.20. The van der Waals surface area contributed by atoms with E-state index in [2.05, 4.69) is 14.9 Å². The lowest BCUT2D eigenvalue weighted by Crippen LogP contribution is -2.37. The Morgan fingerprint density at radius 1 is 1.26 bits per heavy atom. The summed E-state index contributed by atoms with van der Waals surface area (Å²) in [5.41, 5.74) is 1.03. The van der Waals surface area contributed by atoms with Crippen molar-refractivity contribution in [3.05, 3.63) is 48.2 Å². The van der Waals surface area contributed by atoms with Crippen molar-refractivity contribution in [3.63, 3.8) is 0 Å². The zero-order valence-electron chi connectivity index (χ0n) is 10.1. The molecule has 0 aliphatic rings. The average Bonchev–Trinajstić information content (AvgIpc) is 2.93. The van der Waals surface area contributed by atoms with Crippen molar-refractivity contribution in [2.45, 2.75) is 17.5 Å². The summed E-state index contributed by atoms with van der Waals surface area (Å²) in [5.74, 6) is 0.197. The average molecular weight is 300 g/mol. The minimum absolute atomic E-state index is 0.0377. The number of hydrogen-bond donors (Lipinski definition) is 2. The number of nitrogens with zero attached hydrogens (tertiary/aromatic N) is 1. The van der Waals surface area contributed by atoms with Gasteiger partial charge in [-0.2, -0.15) is 5.10 Å². The number of halogens is 1. The summed E-state index contributed by atoms with van der Waals surface area (Å²) in [6.07, 6.45) is 1.93. The lowest BCUT2D eigenvalue weighted by Gasteiger charge is -2.15. The van der Waals surface area contributed by atoms with Crippen molar-refractivity contribution in [2.24, 2.45) is 0 Å². The first-order valence-electron chi connectivity index (χ1n) is 5.73. The SMILES string of the molecule is O=S(=O)(NC(CCl)Cc1ccccc1)c1ccn[nH]1. The van der Waals surface area contributed by atoms with Crippen molar-refractivity contribution in [3.8, 4) is 0 Å². The Hall–Kier alpha value is -1.37. The number of benzene rings is 1. The number of sulfonamides is 1. The first-order chi connectivity index (χ1) is 9.12. The van der Waals surface area contributed by atoms with Gasteiger partial charge in [-0.3, -0.25) is 5.10 Å². The number of H-pyrrole nitrogens is 1. The van der Waals surface area contributed by atoms with E-state index in [1.807, 2.05) is 30.3 Å². The molecular weight excluding hydrogens is 286 g/mol. The second-order valence-corrected chi connectivity index (χ2v) is 6.07. The Morgan fingerprint density at radius 3 is 2.58 bits per heavy atom. The second-order valence-electron chi connectivity index (χ2n) is 4.08. The standard InChI is InChI=1S/C12H14ClN3O2S/c13-9-11(8-10-4-2-1-3-5-10)16-19(17,18)12-6-7-14-15-12/h1-7,11,16H,8-9H2,(H,14,15). The fourth-order valence-corrected chi connectivity index (χ4v) is 3.13. The minimum Gasteiger partial charge on any atom is -0.266 e. The summed E-state index contributed by atoms with van der Waals surface area (Å²) in [5, 5.41) is 6.09. The first kappa shape index (κ1) is 14.0. The fourth-order valence-electron chi connectivity index (χ4n) is 1.70. The molecule has 0 saturated carbocycles. The summed E-state index contributed by atoms with van der Waals surface area (Å²) in [6.45, 7) is 0. The summed E-state index contributed by atoms with van der Waals surface area (Å²) >= 11 is 5.83. The molecule has 2 aromatic rings. The van der Waals surface area contributed by atoms with Gasteiger partial charge in [-0.1, -0.05) is 30.3 Å². The van der Waals surface area contributed by atoms with Gasteiger partial charge in [-0.25, -0.2) is 13.1 Å². The fraction of sp³-hybridized carbons (Fsp3) is 0.250. The van der Waals surface area contributed by atoms with Crippen LogP contribution in [0.3, 0.4) is 0 Å². The van der Waals surface area contributed by atoms with Crippen LogP contribution in [0.5, 0.6) is 0 Å². The van der Waals surface area contributed by atoms with Crippen LogP contribution in [0.1, 0.15) is 5.56 Å². The molecule has 1 aromatic carbocycles. The van der Waals surface area contributed by atoms with Gasteiger partial charge in [0.1, 0.15) is 0 Å². The lowest BCUT2D eigenvalue weighted by molar-refractivity contribution is 0.557. The number of rotatable bonds is 6.